The van der Waals surface area contributed by atoms with Crippen LogP contribution in [-0.4, -0.2) is 115 Å². The molecule has 0 aromatic carbocycles. The number of rotatable bonds is 15. The maximum Gasteiger partial charge on any atom is 0.407 e. The molecule has 15 nitrogen and oxygen atoms in total. The maximum atomic E-state index is 13.4. The highest BCUT2D eigenvalue weighted by Crippen LogP contribution is 2.36. The number of amides is 3. The molecule has 3 N–H and O–H groups in total. The Kier molecular flexibility index (Phi) is 14.7. The number of hydrogen-bond donors (Lipinski definition) is 3. The van der Waals surface area contributed by atoms with Crippen LogP contribution in [0.3, 0.4) is 0 Å². The van der Waals surface area contributed by atoms with Gasteiger partial charge in [0.2, 0.25) is 5.91 Å². The van der Waals surface area contributed by atoms with Crippen LogP contribution in [0.25, 0.3) is 0 Å². The summed E-state index contributed by atoms with van der Waals surface area (Å²) >= 11 is 1.26. The van der Waals surface area contributed by atoms with Crippen molar-refractivity contribution < 1.29 is 47.3 Å². The van der Waals surface area contributed by atoms with Gasteiger partial charge in [0.15, 0.2) is 19.5 Å². The molecule has 0 saturated carbocycles. The second-order valence-electron chi connectivity index (χ2n) is 12.1. The molecule has 0 radical (unpaired) electrons. The Labute approximate surface area is 269 Å². The average Bonchev–Trinajstić information content (AvgIpc) is 3.47. The van der Waals surface area contributed by atoms with Crippen LogP contribution in [0.2, 0.25) is 18.1 Å². The lowest BCUT2D eigenvalue weighted by atomic mass is 10.1. The summed E-state index contributed by atoms with van der Waals surface area (Å²) in [5.41, 5.74) is 0.0959. The molecule has 2 rings (SSSR count). The van der Waals surface area contributed by atoms with Gasteiger partial charge in [0.25, 0.3) is 5.91 Å². The van der Waals surface area contributed by atoms with Crippen LogP contribution in [0, 0.1) is 0 Å². The SMILES string of the molecule is COCCOC(=O)N[C@@H]1CCCN(c2nc(C(=O)N[C@@H](CO[Si](C)(C)C(C)(C)C)C(=O)N[C@@H](COC(C)=O)C(=O)OC)cs2)C1. The minimum absolute atomic E-state index is 0.0959. The standard InChI is InChI=1S/C28H47N5O10SSi/c1-18(34)42-15-21(25(37)40-6)31-23(35)20(16-43-45(7,8)28(2,3)4)30-24(36)22-17-44-26(32-22)33-11-9-10-19(14-33)29-27(38)41-13-12-39-5/h17,19-21H,9-16H2,1-8H3,(H,29,38)(H,30,36)(H,31,35)/t19-,20+,21+/m1/s1. The molecule has 1 saturated heterocycles. The molecule has 0 bridgehead atoms. The minimum Gasteiger partial charge on any atom is -0.467 e. The lowest BCUT2D eigenvalue weighted by Crippen LogP contribution is -2.56. The van der Waals surface area contributed by atoms with Gasteiger partial charge in [-0.2, -0.15) is 0 Å². The molecule has 1 aliphatic rings. The van der Waals surface area contributed by atoms with E-state index in [4.69, 9.17) is 23.4 Å². The second-order valence-corrected chi connectivity index (χ2v) is 17.7. The van der Waals surface area contributed by atoms with Crippen molar-refractivity contribution >= 4 is 54.6 Å². The molecule has 0 spiro atoms. The van der Waals surface area contributed by atoms with E-state index in [1.54, 1.807) is 5.38 Å². The number of carbonyl (C=O) groups is 5. The van der Waals surface area contributed by atoms with Gasteiger partial charge in [-0.1, -0.05) is 20.8 Å². The van der Waals surface area contributed by atoms with Gasteiger partial charge in [0.05, 0.1) is 20.3 Å². The van der Waals surface area contributed by atoms with Gasteiger partial charge in [-0.25, -0.2) is 14.6 Å². The fourth-order valence-electron chi connectivity index (χ4n) is 3.92. The molecule has 17 heteroatoms. The van der Waals surface area contributed by atoms with Gasteiger partial charge < -0.3 is 44.2 Å². The van der Waals surface area contributed by atoms with Crippen LogP contribution in [-0.2, 0) is 37.8 Å². The Balaban J connectivity index is 2.15. The number of nitrogens with zero attached hydrogens (tertiary/aromatic N) is 2. The molecule has 1 fully saturated rings. The van der Waals surface area contributed by atoms with Gasteiger partial charge in [-0.3, -0.25) is 14.4 Å². The summed E-state index contributed by atoms with van der Waals surface area (Å²) in [6.45, 7) is 12.3. The number of aromatic nitrogens is 1. The Morgan fingerprint density at radius 3 is 2.40 bits per heavy atom. The molecule has 3 atom stereocenters. The first-order valence-corrected chi connectivity index (χ1v) is 18.5. The van der Waals surface area contributed by atoms with Crippen molar-refractivity contribution in [3.8, 4) is 0 Å². The minimum atomic E-state index is -2.35. The molecule has 0 aliphatic carbocycles. The topological polar surface area (TPSA) is 184 Å². The summed E-state index contributed by atoms with van der Waals surface area (Å²) in [6, 6.07) is -2.65. The number of esters is 2. The number of anilines is 1. The molecule has 0 unspecified atom stereocenters. The molecular formula is C28H47N5O10SSi. The Morgan fingerprint density at radius 2 is 1.78 bits per heavy atom. The van der Waals surface area contributed by atoms with Gasteiger partial charge in [-0.05, 0) is 31.0 Å². The summed E-state index contributed by atoms with van der Waals surface area (Å²) < 4.78 is 25.9. The third kappa shape index (κ3) is 12.2. The van der Waals surface area contributed by atoms with Crippen molar-refractivity contribution in [3.05, 3.63) is 11.1 Å². The van der Waals surface area contributed by atoms with Crippen molar-refractivity contribution in [2.24, 2.45) is 0 Å². The number of carbonyl (C=O) groups excluding carboxylic acids is 5. The zero-order chi connectivity index (χ0) is 33.8. The first-order valence-electron chi connectivity index (χ1n) is 14.7. The smallest absolute Gasteiger partial charge is 0.407 e. The number of ether oxygens (including phenoxy) is 4. The van der Waals surface area contributed by atoms with E-state index in [1.165, 1.54) is 25.4 Å². The van der Waals surface area contributed by atoms with E-state index in [-0.39, 0.29) is 30.0 Å². The fraction of sp³-hybridized carbons (Fsp3) is 0.714. The third-order valence-electron chi connectivity index (χ3n) is 7.55. The summed E-state index contributed by atoms with van der Waals surface area (Å²) in [4.78, 5) is 68.9. The van der Waals surface area contributed by atoms with Gasteiger partial charge in [0, 0.05) is 38.5 Å². The quantitative estimate of drug-likeness (QED) is 0.106. The fourth-order valence-corrected chi connectivity index (χ4v) is 5.77. The number of thiazole rings is 1. The van der Waals surface area contributed by atoms with Crippen molar-refractivity contribution in [3.63, 3.8) is 0 Å². The largest absolute Gasteiger partial charge is 0.467 e. The third-order valence-corrected chi connectivity index (χ3v) is 13.0. The predicted molar refractivity (Wildman–Crippen MR) is 169 cm³/mol. The van der Waals surface area contributed by atoms with Crippen molar-refractivity contribution in [2.75, 3.05) is 58.6 Å². The average molecular weight is 674 g/mol. The van der Waals surface area contributed by atoms with Crippen LogP contribution in [0.4, 0.5) is 9.93 Å². The molecule has 2 heterocycles. The van der Waals surface area contributed by atoms with E-state index in [2.05, 4.69) is 20.9 Å². The molecule has 254 valence electrons. The number of methoxy groups -OCH3 is 2. The second kappa shape index (κ2) is 17.4. The Bertz CT molecular complexity index is 1170. The van der Waals surface area contributed by atoms with Gasteiger partial charge in [0.1, 0.15) is 24.9 Å². The number of alkyl carbamates (subject to hydrolysis) is 1. The van der Waals surface area contributed by atoms with Crippen LogP contribution < -0.4 is 20.9 Å². The highest BCUT2D eigenvalue weighted by molar-refractivity contribution is 7.13. The lowest BCUT2D eigenvalue weighted by Gasteiger charge is -2.37. The molecule has 1 aromatic rings. The molecule has 3 amide bonds. The van der Waals surface area contributed by atoms with E-state index in [0.717, 1.165) is 20.0 Å². The maximum absolute atomic E-state index is 13.4. The van der Waals surface area contributed by atoms with Gasteiger partial charge in [-0.15, -0.1) is 11.3 Å². The zero-order valence-electron chi connectivity index (χ0n) is 27.4. The summed E-state index contributed by atoms with van der Waals surface area (Å²) in [7, 11) is 0.320. The summed E-state index contributed by atoms with van der Waals surface area (Å²) in [5.74, 6) is -2.79. The van der Waals surface area contributed by atoms with Crippen molar-refractivity contribution in [2.45, 2.75) is 76.8 Å². The number of piperidine rings is 1. The Hall–Kier alpha value is -3.28. The van der Waals surface area contributed by atoms with Crippen LogP contribution in [0.5, 0.6) is 0 Å². The zero-order valence-corrected chi connectivity index (χ0v) is 29.2. The molecular weight excluding hydrogens is 626 g/mol. The van der Waals surface area contributed by atoms with Crippen LogP contribution in [0.1, 0.15) is 51.0 Å². The van der Waals surface area contributed by atoms with Crippen molar-refractivity contribution in [1.82, 2.24) is 20.9 Å². The van der Waals surface area contributed by atoms with E-state index < -0.39 is 56.9 Å². The number of nitrogens with one attached hydrogen (secondary N) is 3. The van der Waals surface area contributed by atoms with Gasteiger partial charge >= 0.3 is 18.0 Å². The highest BCUT2D eigenvalue weighted by atomic mass is 32.1. The van der Waals surface area contributed by atoms with E-state index in [9.17, 15) is 24.0 Å². The normalized spacial score (nSPS) is 16.6. The van der Waals surface area contributed by atoms with E-state index >= 15 is 0 Å². The van der Waals surface area contributed by atoms with Crippen LogP contribution >= 0.6 is 11.3 Å². The highest BCUT2D eigenvalue weighted by Gasteiger charge is 2.39. The monoisotopic (exact) mass is 673 g/mol. The molecule has 1 aromatic heterocycles. The van der Waals surface area contributed by atoms with E-state index in [1.807, 2.05) is 38.8 Å². The summed E-state index contributed by atoms with van der Waals surface area (Å²) in [5, 5.41) is 10.0. The molecule has 1 aliphatic heterocycles. The first kappa shape index (κ1) is 37.9. The summed E-state index contributed by atoms with van der Waals surface area (Å²) in [6.07, 6.45) is 1.04. The first-order chi connectivity index (χ1) is 21.1. The van der Waals surface area contributed by atoms with Crippen molar-refractivity contribution in [1.29, 1.82) is 0 Å². The Morgan fingerprint density at radius 1 is 1.07 bits per heavy atom. The predicted octanol–water partition coefficient (Wildman–Crippen LogP) is 1.83. The van der Waals surface area contributed by atoms with E-state index in [0.29, 0.717) is 24.8 Å². The van der Waals surface area contributed by atoms with Crippen LogP contribution in [0.15, 0.2) is 5.38 Å². The lowest BCUT2D eigenvalue weighted by molar-refractivity contribution is -0.151. The molecule has 45 heavy (non-hydrogen) atoms. The number of hydrogen-bond acceptors (Lipinski definition) is 13.